The van der Waals surface area contributed by atoms with Crippen LogP contribution in [-0.4, -0.2) is 31.7 Å². The van der Waals surface area contributed by atoms with E-state index in [2.05, 4.69) is 27.2 Å². The number of hydrogen-bond donors (Lipinski definition) is 3. The molecule has 21 heavy (non-hydrogen) atoms. The van der Waals surface area contributed by atoms with Gasteiger partial charge in [-0.3, -0.25) is 5.10 Å². The van der Waals surface area contributed by atoms with Gasteiger partial charge in [0.05, 0.1) is 0 Å². The lowest BCUT2D eigenvalue weighted by molar-refractivity contribution is 0.448. The smallest absolute Gasteiger partial charge is 0.260 e. The van der Waals surface area contributed by atoms with E-state index in [1.807, 2.05) is 13.8 Å². The van der Waals surface area contributed by atoms with Gasteiger partial charge in [0, 0.05) is 24.3 Å². The first-order valence-electron chi connectivity index (χ1n) is 7.68. The Morgan fingerprint density at radius 3 is 2.62 bits per heavy atom. The van der Waals surface area contributed by atoms with Gasteiger partial charge in [-0.25, -0.2) is 13.1 Å². The fourth-order valence-corrected chi connectivity index (χ4v) is 4.00. The lowest BCUT2D eigenvalue weighted by atomic mass is 10.0. The highest BCUT2D eigenvalue weighted by Gasteiger charge is 2.42. The van der Waals surface area contributed by atoms with Gasteiger partial charge in [-0.1, -0.05) is 20.3 Å². The third-order valence-electron chi connectivity index (χ3n) is 4.22. The molecule has 1 aliphatic carbocycles. The van der Waals surface area contributed by atoms with Gasteiger partial charge in [0.15, 0.2) is 5.03 Å². The average Bonchev–Trinajstić information content (AvgIpc) is 3.10. The Kier molecular flexibility index (Phi) is 5.06. The van der Waals surface area contributed by atoms with Crippen molar-refractivity contribution in [2.24, 2.45) is 5.41 Å². The molecule has 1 saturated carbocycles. The zero-order chi connectivity index (χ0) is 15.5. The van der Waals surface area contributed by atoms with Gasteiger partial charge < -0.3 is 5.32 Å². The van der Waals surface area contributed by atoms with Gasteiger partial charge in [-0.2, -0.15) is 5.10 Å². The van der Waals surface area contributed by atoms with Crippen molar-refractivity contribution in [2.75, 3.05) is 13.1 Å². The summed E-state index contributed by atoms with van der Waals surface area (Å²) >= 11 is 0. The van der Waals surface area contributed by atoms with Gasteiger partial charge in [0.25, 0.3) is 10.0 Å². The molecule has 0 bridgehead atoms. The highest BCUT2D eigenvalue weighted by Crippen LogP contribution is 2.49. The monoisotopic (exact) mass is 314 g/mol. The predicted octanol–water partition coefficient (Wildman–Crippen LogP) is 1.69. The topological polar surface area (TPSA) is 86.9 Å². The summed E-state index contributed by atoms with van der Waals surface area (Å²) in [6, 6.07) is 0. The zero-order valence-corrected chi connectivity index (χ0v) is 13.9. The van der Waals surface area contributed by atoms with Crippen LogP contribution in [-0.2, 0) is 16.6 Å². The Bertz CT molecular complexity index is 576. The molecule has 0 saturated heterocycles. The minimum Gasteiger partial charge on any atom is -0.313 e. The number of H-pyrrole nitrogens is 1. The van der Waals surface area contributed by atoms with Crippen LogP contribution in [0.15, 0.2) is 5.03 Å². The molecule has 1 aromatic rings. The number of sulfonamides is 1. The fraction of sp³-hybridized carbons (Fsp3) is 0.786. The van der Waals surface area contributed by atoms with Crippen molar-refractivity contribution in [1.29, 1.82) is 0 Å². The molecule has 7 heteroatoms. The summed E-state index contributed by atoms with van der Waals surface area (Å²) < 4.78 is 27.7. The summed E-state index contributed by atoms with van der Waals surface area (Å²) in [5, 5.41) is 10.1. The van der Waals surface area contributed by atoms with Crippen LogP contribution in [0.5, 0.6) is 0 Å². The van der Waals surface area contributed by atoms with E-state index in [0.29, 0.717) is 13.1 Å². The molecule has 1 aliphatic rings. The summed E-state index contributed by atoms with van der Waals surface area (Å²) in [4.78, 5) is 0. The second-order valence-corrected chi connectivity index (χ2v) is 7.67. The van der Waals surface area contributed by atoms with Gasteiger partial charge in [0.2, 0.25) is 0 Å². The molecular formula is C14H26N4O2S. The number of rotatable bonds is 9. The van der Waals surface area contributed by atoms with Crippen molar-refractivity contribution in [3.8, 4) is 0 Å². The number of hydrogen-bond acceptors (Lipinski definition) is 4. The summed E-state index contributed by atoms with van der Waals surface area (Å²) in [5.41, 5.74) is 1.71. The van der Waals surface area contributed by atoms with E-state index in [1.165, 1.54) is 0 Å². The van der Waals surface area contributed by atoms with Crippen molar-refractivity contribution >= 4 is 10.0 Å². The van der Waals surface area contributed by atoms with E-state index in [-0.39, 0.29) is 10.4 Å². The summed E-state index contributed by atoms with van der Waals surface area (Å²) in [7, 11) is -3.54. The molecule has 1 fully saturated rings. The van der Waals surface area contributed by atoms with Gasteiger partial charge in [-0.15, -0.1) is 0 Å². The van der Waals surface area contributed by atoms with E-state index in [9.17, 15) is 8.42 Å². The lowest BCUT2D eigenvalue weighted by Crippen LogP contribution is -2.31. The van der Waals surface area contributed by atoms with Crippen molar-refractivity contribution < 1.29 is 8.42 Å². The molecule has 1 aromatic heterocycles. The molecule has 0 radical (unpaired) electrons. The molecule has 3 N–H and O–H groups in total. The van der Waals surface area contributed by atoms with E-state index in [0.717, 1.165) is 43.5 Å². The third kappa shape index (κ3) is 3.84. The van der Waals surface area contributed by atoms with E-state index in [1.54, 1.807) is 0 Å². The van der Waals surface area contributed by atoms with Crippen LogP contribution in [0.25, 0.3) is 0 Å². The largest absolute Gasteiger partial charge is 0.313 e. The zero-order valence-electron chi connectivity index (χ0n) is 13.1. The van der Waals surface area contributed by atoms with Crippen LogP contribution in [0.1, 0.15) is 50.8 Å². The molecular weight excluding hydrogens is 288 g/mol. The molecule has 1 heterocycles. The van der Waals surface area contributed by atoms with Crippen LogP contribution in [0.2, 0.25) is 0 Å². The Balaban J connectivity index is 2.09. The first kappa shape index (κ1) is 16.5. The van der Waals surface area contributed by atoms with Gasteiger partial charge in [0.1, 0.15) is 0 Å². The van der Waals surface area contributed by atoms with Gasteiger partial charge >= 0.3 is 0 Å². The number of aryl methyl sites for hydroxylation is 1. The van der Waals surface area contributed by atoms with Crippen molar-refractivity contribution in [3.63, 3.8) is 0 Å². The number of nitrogens with zero attached hydrogens (tertiary/aromatic N) is 1. The van der Waals surface area contributed by atoms with E-state index >= 15 is 0 Å². The standard InChI is InChI=1S/C14H26N4O2S/c1-4-6-14(7-8-14)10-16-21(19,20)13-12(9-15-5-2)11(3)17-18-13/h15-16H,4-10H2,1-3H3,(H,17,18). The highest BCUT2D eigenvalue weighted by molar-refractivity contribution is 7.89. The summed E-state index contributed by atoms with van der Waals surface area (Å²) in [6.45, 7) is 7.80. The first-order chi connectivity index (χ1) is 9.94. The molecule has 2 rings (SSSR count). The van der Waals surface area contributed by atoms with Crippen LogP contribution < -0.4 is 10.0 Å². The average molecular weight is 314 g/mol. The SMILES string of the molecule is CCCC1(CNS(=O)(=O)c2n[nH]c(C)c2CNCC)CC1. The third-order valence-corrected chi connectivity index (χ3v) is 5.59. The Morgan fingerprint density at radius 2 is 2.05 bits per heavy atom. The summed E-state index contributed by atoms with van der Waals surface area (Å²) in [5.74, 6) is 0. The molecule has 0 atom stereocenters. The lowest BCUT2D eigenvalue weighted by Gasteiger charge is -2.15. The first-order valence-corrected chi connectivity index (χ1v) is 9.16. The maximum atomic E-state index is 12.5. The number of aromatic nitrogens is 2. The van der Waals surface area contributed by atoms with Crippen LogP contribution in [0, 0.1) is 12.3 Å². The molecule has 0 aliphatic heterocycles. The Hall–Kier alpha value is -0.920. The van der Waals surface area contributed by atoms with Crippen molar-refractivity contribution in [3.05, 3.63) is 11.3 Å². The fourth-order valence-electron chi connectivity index (χ4n) is 2.65. The Labute approximate surface area is 127 Å². The molecule has 0 unspecified atom stereocenters. The van der Waals surface area contributed by atoms with Crippen LogP contribution in [0.3, 0.4) is 0 Å². The normalized spacial score (nSPS) is 17.1. The maximum absolute atomic E-state index is 12.5. The van der Waals surface area contributed by atoms with E-state index in [4.69, 9.17) is 0 Å². The summed E-state index contributed by atoms with van der Waals surface area (Å²) in [6.07, 6.45) is 4.41. The van der Waals surface area contributed by atoms with Crippen LogP contribution in [0.4, 0.5) is 0 Å². The molecule has 0 spiro atoms. The number of aromatic amines is 1. The maximum Gasteiger partial charge on any atom is 0.260 e. The second-order valence-electron chi connectivity index (χ2n) is 5.99. The molecule has 0 aromatic carbocycles. The van der Waals surface area contributed by atoms with E-state index < -0.39 is 10.0 Å². The predicted molar refractivity (Wildman–Crippen MR) is 82.5 cm³/mol. The minimum absolute atomic E-state index is 0.133. The Morgan fingerprint density at radius 1 is 1.33 bits per heavy atom. The van der Waals surface area contributed by atoms with Crippen molar-refractivity contribution in [1.82, 2.24) is 20.2 Å². The quantitative estimate of drug-likeness (QED) is 0.647. The minimum atomic E-state index is -3.54. The molecule has 120 valence electrons. The number of nitrogens with one attached hydrogen (secondary N) is 3. The highest BCUT2D eigenvalue weighted by atomic mass is 32.2. The molecule has 0 amide bonds. The molecule has 6 nitrogen and oxygen atoms in total. The van der Waals surface area contributed by atoms with Crippen LogP contribution >= 0.6 is 0 Å². The van der Waals surface area contributed by atoms with Gasteiger partial charge in [-0.05, 0) is 38.1 Å². The second kappa shape index (κ2) is 6.46. The van der Waals surface area contributed by atoms with Crippen molar-refractivity contribution in [2.45, 2.75) is 58.0 Å².